The first-order valence-corrected chi connectivity index (χ1v) is 3.90. The second-order valence-electron chi connectivity index (χ2n) is 2.37. The van der Waals surface area contributed by atoms with Crippen LogP contribution in [-0.4, -0.2) is 5.97 Å². The van der Waals surface area contributed by atoms with Crippen molar-refractivity contribution in [3.8, 4) is 5.75 Å². The van der Waals surface area contributed by atoms with Crippen LogP contribution in [0.2, 0.25) is 5.02 Å². The van der Waals surface area contributed by atoms with Crippen LogP contribution in [0.1, 0.15) is 0 Å². The summed E-state index contributed by atoms with van der Waals surface area (Å²) in [6.45, 7) is 2.74. The summed E-state index contributed by atoms with van der Waals surface area (Å²) in [5.74, 6) is -3.15. The molecule has 0 amide bonds. The Balaban J connectivity index is 2.83. The summed E-state index contributed by atoms with van der Waals surface area (Å²) in [6.07, 6.45) is 0. The maximum atomic E-state index is 12.6. The highest BCUT2D eigenvalue weighted by molar-refractivity contribution is 6.30. The van der Waals surface area contributed by atoms with Crippen LogP contribution in [0.5, 0.6) is 5.75 Å². The molecule has 5 heteroatoms. The molecule has 0 unspecified atom stereocenters. The predicted octanol–water partition coefficient (Wildman–Crippen LogP) is 2.87. The number of benzene rings is 1. The summed E-state index contributed by atoms with van der Waals surface area (Å²) in [4.78, 5) is 10.7. The van der Waals surface area contributed by atoms with Crippen LogP contribution < -0.4 is 4.74 Å². The van der Waals surface area contributed by atoms with Gasteiger partial charge in [-0.25, -0.2) is 9.18 Å². The Labute approximate surface area is 83.7 Å². The van der Waals surface area contributed by atoms with Gasteiger partial charge >= 0.3 is 5.97 Å². The fourth-order valence-electron chi connectivity index (χ4n) is 0.703. The molecule has 1 aromatic carbocycles. The monoisotopic (exact) mass is 218 g/mol. The van der Waals surface area contributed by atoms with Gasteiger partial charge in [0.25, 0.3) is 0 Å². The number of carbonyl (C=O) groups is 1. The molecule has 0 bridgehead atoms. The summed E-state index contributed by atoms with van der Waals surface area (Å²) in [6, 6.07) is 3.23. The lowest BCUT2D eigenvalue weighted by Gasteiger charge is -2.02. The number of ether oxygens (including phenoxy) is 1. The quantitative estimate of drug-likeness (QED) is 0.433. The maximum Gasteiger partial charge on any atom is 0.371 e. The first-order chi connectivity index (χ1) is 6.50. The molecule has 0 aliphatic heterocycles. The number of halogens is 3. The zero-order valence-electron chi connectivity index (χ0n) is 6.89. The standard InChI is InChI=1S/C9H5ClF2O2/c1-5(11)9(13)14-6-2-3-8(12)7(10)4-6/h2-4H,1H2. The fourth-order valence-corrected chi connectivity index (χ4v) is 0.873. The van der Waals surface area contributed by atoms with E-state index in [1.54, 1.807) is 0 Å². The minimum atomic E-state index is -1.23. The molecule has 0 spiro atoms. The van der Waals surface area contributed by atoms with E-state index in [1.807, 2.05) is 0 Å². The molecule has 0 atom stereocenters. The summed E-state index contributed by atoms with van der Waals surface area (Å²) >= 11 is 5.39. The molecule has 2 nitrogen and oxygen atoms in total. The molecule has 0 N–H and O–H groups in total. The maximum absolute atomic E-state index is 12.6. The van der Waals surface area contributed by atoms with Crippen molar-refractivity contribution in [3.63, 3.8) is 0 Å². The fraction of sp³-hybridized carbons (Fsp3) is 0. The highest BCUT2D eigenvalue weighted by Crippen LogP contribution is 2.21. The number of rotatable bonds is 2. The molecule has 0 heterocycles. The van der Waals surface area contributed by atoms with E-state index in [1.165, 1.54) is 0 Å². The largest absolute Gasteiger partial charge is 0.421 e. The Kier molecular flexibility index (Phi) is 3.19. The van der Waals surface area contributed by atoms with E-state index >= 15 is 0 Å². The number of esters is 1. The Hall–Kier alpha value is -1.42. The Morgan fingerprint density at radius 3 is 2.64 bits per heavy atom. The molecule has 74 valence electrons. The average molecular weight is 219 g/mol. The molecule has 1 aromatic rings. The molecular weight excluding hydrogens is 214 g/mol. The normalized spacial score (nSPS) is 9.64. The minimum Gasteiger partial charge on any atom is -0.421 e. The van der Waals surface area contributed by atoms with Gasteiger partial charge in [0.15, 0.2) is 0 Å². The predicted molar refractivity (Wildman–Crippen MR) is 47.3 cm³/mol. The molecule has 1 rings (SSSR count). The van der Waals surface area contributed by atoms with Gasteiger partial charge in [-0.1, -0.05) is 18.2 Å². The third-order valence-corrected chi connectivity index (χ3v) is 1.61. The summed E-state index contributed by atoms with van der Waals surface area (Å²) in [5.41, 5.74) is 0. The smallest absolute Gasteiger partial charge is 0.371 e. The van der Waals surface area contributed by atoms with Crippen molar-refractivity contribution in [3.05, 3.63) is 41.4 Å². The second-order valence-corrected chi connectivity index (χ2v) is 2.78. The second kappa shape index (κ2) is 4.19. The van der Waals surface area contributed by atoms with E-state index in [0.717, 1.165) is 18.2 Å². The summed E-state index contributed by atoms with van der Waals surface area (Å²) in [7, 11) is 0. The van der Waals surface area contributed by atoms with Crippen molar-refractivity contribution in [2.75, 3.05) is 0 Å². The Morgan fingerprint density at radius 1 is 1.50 bits per heavy atom. The van der Waals surface area contributed by atoms with Crippen LogP contribution in [0.25, 0.3) is 0 Å². The lowest BCUT2D eigenvalue weighted by atomic mass is 10.3. The van der Waals surface area contributed by atoms with Crippen LogP contribution in [-0.2, 0) is 4.79 Å². The van der Waals surface area contributed by atoms with Crippen LogP contribution in [0.15, 0.2) is 30.6 Å². The molecule has 0 aromatic heterocycles. The van der Waals surface area contributed by atoms with E-state index in [0.29, 0.717) is 0 Å². The van der Waals surface area contributed by atoms with Crippen LogP contribution in [0.3, 0.4) is 0 Å². The average Bonchev–Trinajstić information content (AvgIpc) is 2.11. The lowest BCUT2D eigenvalue weighted by molar-refractivity contribution is -0.131. The molecule has 0 radical (unpaired) electrons. The van der Waals surface area contributed by atoms with Crippen molar-refractivity contribution in [1.82, 2.24) is 0 Å². The van der Waals surface area contributed by atoms with Gasteiger partial charge in [0, 0.05) is 6.07 Å². The molecule has 0 aliphatic rings. The van der Waals surface area contributed by atoms with E-state index < -0.39 is 17.6 Å². The lowest BCUT2D eigenvalue weighted by Crippen LogP contribution is -2.07. The number of carbonyl (C=O) groups excluding carboxylic acids is 1. The highest BCUT2D eigenvalue weighted by atomic mass is 35.5. The van der Waals surface area contributed by atoms with Gasteiger partial charge in [0.1, 0.15) is 11.6 Å². The third kappa shape index (κ3) is 2.53. The van der Waals surface area contributed by atoms with Gasteiger partial charge < -0.3 is 4.74 Å². The Bertz CT molecular complexity index is 390. The van der Waals surface area contributed by atoms with Crippen molar-refractivity contribution in [1.29, 1.82) is 0 Å². The van der Waals surface area contributed by atoms with Gasteiger partial charge in [-0.05, 0) is 12.1 Å². The molecule has 0 saturated carbocycles. The Morgan fingerprint density at radius 2 is 2.14 bits per heavy atom. The van der Waals surface area contributed by atoms with Gasteiger partial charge in [0.05, 0.1) is 5.02 Å². The SMILES string of the molecule is C=C(F)C(=O)Oc1ccc(F)c(Cl)c1. The molecular formula is C9H5ClF2O2. The molecule has 0 fully saturated rings. The van der Waals surface area contributed by atoms with Crippen LogP contribution >= 0.6 is 11.6 Å². The van der Waals surface area contributed by atoms with Gasteiger partial charge in [-0.2, -0.15) is 4.39 Å². The summed E-state index contributed by atoms with van der Waals surface area (Å²) in [5, 5.41) is -0.209. The van der Waals surface area contributed by atoms with Crippen LogP contribution in [0.4, 0.5) is 8.78 Å². The molecule has 0 aliphatic carbocycles. The topological polar surface area (TPSA) is 26.3 Å². The first-order valence-electron chi connectivity index (χ1n) is 3.52. The third-order valence-electron chi connectivity index (χ3n) is 1.32. The molecule has 0 saturated heterocycles. The zero-order chi connectivity index (χ0) is 10.7. The van der Waals surface area contributed by atoms with E-state index in [2.05, 4.69) is 11.3 Å². The minimum absolute atomic E-state index is 0.0415. The number of hydrogen-bond donors (Lipinski definition) is 0. The van der Waals surface area contributed by atoms with E-state index in [9.17, 15) is 13.6 Å². The van der Waals surface area contributed by atoms with E-state index in [4.69, 9.17) is 11.6 Å². The van der Waals surface area contributed by atoms with Crippen molar-refractivity contribution in [2.24, 2.45) is 0 Å². The zero-order valence-corrected chi connectivity index (χ0v) is 7.65. The van der Waals surface area contributed by atoms with Crippen molar-refractivity contribution in [2.45, 2.75) is 0 Å². The van der Waals surface area contributed by atoms with Gasteiger partial charge in [-0.15, -0.1) is 0 Å². The van der Waals surface area contributed by atoms with E-state index in [-0.39, 0.29) is 10.8 Å². The highest BCUT2D eigenvalue weighted by Gasteiger charge is 2.10. The number of hydrogen-bond acceptors (Lipinski definition) is 2. The van der Waals surface area contributed by atoms with Crippen LogP contribution in [0, 0.1) is 5.82 Å². The van der Waals surface area contributed by atoms with Crippen molar-refractivity contribution >= 4 is 17.6 Å². The van der Waals surface area contributed by atoms with Gasteiger partial charge in [-0.3, -0.25) is 0 Å². The first kappa shape index (κ1) is 10.7. The summed E-state index contributed by atoms with van der Waals surface area (Å²) < 4.78 is 29.3. The van der Waals surface area contributed by atoms with Gasteiger partial charge in [0.2, 0.25) is 5.83 Å². The van der Waals surface area contributed by atoms with Crippen molar-refractivity contribution < 1.29 is 18.3 Å². The molecule has 14 heavy (non-hydrogen) atoms.